The summed E-state index contributed by atoms with van der Waals surface area (Å²) >= 11 is 0. The minimum atomic E-state index is -3.76. The molecule has 1 fully saturated rings. The molecule has 3 aromatic rings. The van der Waals surface area contributed by atoms with Gasteiger partial charge in [-0.15, -0.1) is 0 Å². The Kier molecular flexibility index (Phi) is 5.23. The van der Waals surface area contributed by atoms with Gasteiger partial charge in [-0.2, -0.15) is 18.2 Å². The summed E-state index contributed by atoms with van der Waals surface area (Å²) in [5.41, 5.74) is 1.34. The molecule has 2 N–H and O–H groups in total. The van der Waals surface area contributed by atoms with E-state index >= 15 is 0 Å². The van der Waals surface area contributed by atoms with Crippen molar-refractivity contribution in [3.8, 4) is 5.75 Å². The van der Waals surface area contributed by atoms with E-state index in [9.17, 15) is 8.42 Å². The highest BCUT2D eigenvalue weighted by Gasteiger charge is 2.23. The van der Waals surface area contributed by atoms with Crippen molar-refractivity contribution in [1.29, 1.82) is 0 Å². The van der Waals surface area contributed by atoms with Gasteiger partial charge in [-0.1, -0.05) is 24.4 Å². The fourth-order valence-electron chi connectivity index (χ4n) is 3.59. The lowest BCUT2D eigenvalue weighted by molar-refractivity contribution is 0.412. The average molecular weight is 405 g/mol. The molecule has 0 aliphatic heterocycles. The Balaban J connectivity index is 1.59. The smallest absolute Gasteiger partial charge is 0.300 e. The summed E-state index contributed by atoms with van der Waals surface area (Å²) in [6.45, 7) is 0.532. The number of methoxy groups -OCH3 is 1. The molecule has 4 rings (SSSR count). The van der Waals surface area contributed by atoms with Crippen LogP contribution in [0.15, 0.2) is 35.1 Å². The number of ether oxygens (including phenoxy) is 1. The lowest BCUT2D eigenvalue weighted by Gasteiger charge is -2.22. The van der Waals surface area contributed by atoms with Gasteiger partial charge < -0.3 is 9.26 Å². The van der Waals surface area contributed by atoms with Gasteiger partial charge in [-0.25, -0.2) is 0 Å². The highest BCUT2D eigenvalue weighted by Crippen LogP contribution is 2.34. The highest BCUT2D eigenvalue weighted by atomic mass is 32.2. The second-order valence-corrected chi connectivity index (χ2v) is 8.41. The maximum absolute atomic E-state index is 12.5. The first-order valence-corrected chi connectivity index (χ1v) is 10.8. The van der Waals surface area contributed by atoms with Crippen LogP contribution < -0.4 is 14.2 Å². The number of rotatable bonds is 7. The average Bonchev–Trinajstić information content (AvgIpc) is 3.31. The summed E-state index contributed by atoms with van der Waals surface area (Å²) in [5, 5.41) is 8.59. The molecule has 2 heterocycles. The van der Waals surface area contributed by atoms with Crippen LogP contribution in [0.1, 0.15) is 37.7 Å². The third-order valence-electron chi connectivity index (χ3n) is 4.88. The van der Waals surface area contributed by atoms with Gasteiger partial charge in [0, 0.05) is 18.4 Å². The number of hydrogen-bond donors (Lipinski definition) is 2. The third-order valence-corrected chi connectivity index (χ3v) is 5.99. The van der Waals surface area contributed by atoms with E-state index in [1.165, 1.54) is 7.11 Å². The van der Waals surface area contributed by atoms with Gasteiger partial charge in [-0.3, -0.25) is 9.40 Å². The van der Waals surface area contributed by atoms with E-state index in [0.717, 1.165) is 37.7 Å². The molecule has 0 unspecified atom stereocenters. The molecule has 1 aliphatic rings. The van der Waals surface area contributed by atoms with E-state index in [1.807, 2.05) is 18.3 Å². The van der Waals surface area contributed by atoms with Crippen LogP contribution in [0.2, 0.25) is 0 Å². The Morgan fingerprint density at radius 3 is 2.82 bits per heavy atom. The van der Waals surface area contributed by atoms with Gasteiger partial charge in [-0.05, 0) is 36.6 Å². The van der Waals surface area contributed by atoms with Crippen LogP contribution in [-0.2, 0) is 16.8 Å². The number of anilines is 1. The first-order chi connectivity index (χ1) is 13.5. The summed E-state index contributed by atoms with van der Waals surface area (Å²) in [5.74, 6) is 0.595. The van der Waals surface area contributed by atoms with E-state index in [0.29, 0.717) is 23.3 Å². The lowest BCUT2D eigenvalue weighted by atomic mass is 9.96. The van der Waals surface area contributed by atoms with Gasteiger partial charge in [0.15, 0.2) is 11.4 Å². The molecule has 0 bridgehead atoms. The molecule has 2 aromatic heterocycles. The van der Waals surface area contributed by atoms with Crippen LogP contribution in [0.25, 0.3) is 11.0 Å². The van der Waals surface area contributed by atoms with Crippen molar-refractivity contribution in [3.63, 3.8) is 0 Å². The molecule has 150 valence electrons. The lowest BCUT2D eigenvalue weighted by Crippen LogP contribution is -2.39. The van der Waals surface area contributed by atoms with Crippen molar-refractivity contribution in [2.24, 2.45) is 0 Å². The van der Waals surface area contributed by atoms with Crippen molar-refractivity contribution in [2.45, 2.75) is 44.7 Å². The molecule has 0 saturated heterocycles. The summed E-state index contributed by atoms with van der Waals surface area (Å²) < 4.78 is 42.9. The first kappa shape index (κ1) is 18.8. The Hall–Kier alpha value is -2.59. The third kappa shape index (κ3) is 4.12. The summed E-state index contributed by atoms with van der Waals surface area (Å²) in [6.07, 6.45) is 8.47. The van der Waals surface area contributed by atoms with E-state index in [1.54, 1.807) is 16.9 Å². The molecule has 28 heavy (non-hydrogen) atoms. The predicted octanol–water partition coefficient (Wildman–Crippen LogP) is 2.66. The number of nitrogens with one attached hydrogen (secondary N) is 2. The molecule has 0 spiro atoms. The molecular formula is C18H23N5O4S. The molecule has 9 nitrogen and oxygen atoms in total. The van der Waals surface area contributed by atoms with Crippen LogP contribution in [0.4, 0.5) is 5.82 Å². The largest absolute Gasteiger partial charge is 0.496 e. The standard InChI is InChI=1S/C18H23N5O4S/c1-26-15-10-13(12-23-9-5-8-19-23)11-16-17(15)18(20-27-16)22-28(24,25)21-14-6-3-2-4-7-14/h5,8-11,14,21H,2-4,6-7,12H2,1H3,(H,20,22). The topological polar surface area (TPSA) is 111 Å². The fourth-order valence-corrected chi connectivity index (χ4v) is 4.72. The van der Waals surface area contributed by atoms with Crippen molar-refractivity contribution in [3.05, 3.63) is 36.2 Å². The number of hydrogen-bond acceptors (Lipinski definition) is 6. The van der Waals surface area contributed by atoms with Gasteiger partial charge in [0.25, 0.3) is 0 Å². The zero-order valence-corrected chi connectivity index (χ0v) is 16.4. The Bertz CT molecular complexity index is 1040. The normalized spacial score (nSPS) is 15.8. The molecule has 1 aliphatic carbocycles. The van der Waals surface area contributed by atoms with Crippen LogP contribution >= 0.6 is 0 Å². The molecular weight excluding hydrogens is 382 g/mol. The van der Waals surface area contributed by atoms with Crippen molar-refractivity contribution in [2.75, 3.05) is 11.8 Å². The van der Waals surface area contributed by atoms with Crippen LogP contribution in [0, 0.1) is 0 Å². The van der Waals surface area contributed by atoms with Gasteiger partial charge in [0.2, 0.25) is 0 Å². The van der Waals surface area contributed by atoms with E-state index in [2.05, 4.69) is 19.7 Å². The number of nitrogens with zero attached hydrogens (tertiary/aromatic N) is 3. The van der Waals surface area contributed by atoms with E-state index < -0.39 is 10.2 Å². The minimum absolute atomic E-state index is 0.0491. The summed E-state index contributed by atoms with van der Waals surface area (Å²) in [6, 6.07) is 5.43. The molecule has 10 heteroatoms. The molecule has 1 aromatic carbocycles. The van der Waals surface area contributed by atoms with Gasteiger partial charge in [0.1, 0.15) is 11.1 Å². The van der Waals surface area contributed by atoms with Crippen molar-refractivity contribution in [1.82, 2.24) is 19.7 Å². The number of benzene rings is 1. The summed E-state index contributed by atoms with van der Waals surface area (Å²) in [4.78, 5) is 0. The maximum Gasteiger partial charge on any atom is 0.300 e. The van der Waals surface area contributed by atoms with Crippen LogP contribution in [0.5, 0.6) is 5.75 Å². The SMILES string of the molecule is COc1cc(Cn2cccn2)cc2onc(NS(=O)(=O)NC3CCCCC3)c12. The van der Waals surface area contributed by atoms with Crippen molar-refractivity contribution >= 4 is 27.0 Å². The maximum atomic E-state index is 12.5. The summed E-state index contributed by atoms with van der Waals surface area (Å²) in [7, 11) is -2.24. The monoisotopic (exact) mass is 405 g/mol. The quantitative estimate of drug-likeness (QED) is 0.625. The predicted molar refractivity (Wildman–Crippen MR) is 104 cm³/mol. The van der Waals surface area contributed by atoms with Crippen LogP contribution in [-0.4, -0.2) is 36.5 Å². The Morgan fingerprint density at radius 2 is 2.11 bits per heavy atom. The van der Waals surface area contributed by atoms with E-state index in [4.69, 9.17) is 9.26 Å². The Labute approximate surface area is 163 Å². The number of fused-ring (bicyclic) bond motifs is 1. The zero-order valence-electron chi connectivity index (χ0n) is 15.6. The van der Waals surface area contributed by atoms with E-state index in [-0.39, 0.29) is 11.9 Å². The zero-order chi connectivity index (χ0) is 19.6. The second-order valence-electron chi connectivity index (χ2n) is 6.96. The Morgan fingerprint density at radius 1 is 1.29 bits per heavy atom. The van der Waals surface area contributed by atoms with Crippen LogP contribution in [0.3, 0.4) is 0 Å². The highest BCUT2D eigenvalue weighted by molar-refractivity contribution is 7.90. The van der Waals surface area contributed by atoms with Crippen molar-refractivity contribution < 1.29 is 17.7 Å². The molecule has 0 radical (unpaired) electrons. The first-order valence-electron chi connectivity index (χ1n) is 9.28. The van der Waals surface area contributed by atoms with Gasteiger partial charge in [0.05, 0.1) is 13.7 Å². The molecule has 0 amide bonds. The second kappa shape index (κ2) is 7.80. The molecule has 0 atom stereocenters. The molecule has 1 saturated carbocycles. The minimum Gasteiger partial charge on any atom is -0.496 e. The van der Waals surface area contributed by atoms with Gasteiger partial charge >= 0.3 is 10.2 Å². The number of aromatic nitrogens is 3. The fraction of sp³-hybridized carbons (Fsp3) is 0.444.